The van der Waals surface area contributed by atoms with Crippen LogP contribution in [0.2, 0.25) is 0 Å². The lowest BCUT2D eigenvalue weighted by Crippen LogP contribution is -2.47. The Morgan fingerprint density at radius 2 is 1.92 bits per heavy atom. The number of piperidine rings is 1. The summed E-state index contributed by atoms with van der Waals surface area (Å²) in [6, 6.07) is 6.52. The van der Waals surface area contributed by atoms with Crippen molar-refractivity contribution >= 4 is 5.91 Å². The predicted octanol–water partition coefficient (Wildman–Crippen LogP) is 2.69. The molecule has 1 atom stereocenters. The summed E-state index contributed by atoms with van der Waals surface area (Å²) < 4.78 is 19.6. The molecular formula is C19H25FN2O2. The summed E-state index contributed by atoms with van der Waals surface area (Å²) in [4.78, 5) is 16.9. The number of hydrogen-bond donors (Lipinski definition) is 0. The van der Waals surface area contributed by atoms with Gasteiger partial charge in [-0.15, -0.1) is 0 Å². The highest BCUT2D eigenvalue weighted by Gasteiger charge is 2.45. The van der Waals surface area contributed by atoms with Crippen molar-refractivity contribution in [2.45, 2.75) is 43.7 Å². The van der Waals surface area contributed by atoms with Crippen LogP contribution < -0.4 is 0 Å². The molecule has 0 saturated carbocycles. The molecule has 3 fully saturated rings. The third-order valence-electron chi connectivity index (χ3n) is 5.88. The van der Waals surface area contributed by atoms with Crippen molar-refractivity contribution < 1.29 is 13.9 Å². The molecule has 0 bridgehead atoms. The monoisotopic (exact) mass is 332 g/mol. The lowest BCUT2D eigenvalue weighted by Gasteiger charge is -2.39. The number of rotatable bonds is 2. The lowest BCUT2D eigenvalue weighted by molar-refractivity contribution is -0.0393. The molecule has 1 spiro atoms. The van der Waals surface area contributed by atoms with Crippen molar-refractivity contribution in [3.8, 4) is 0 Å². The van der Waals surface area contributed by atoms with E-state index in [0.29, 0.717) is 24.7 Å². The largest absolute Gasteiger partial charge is 0.373 e. The molecule has 1 unspecified atom stereocenters. The number of halogens is 1. The van der Waals surface area contributed by atoms with Crippen molar-refractivity contribution in [1.29, 1.82) is 0 Å². The van der Waals surface area contributed by atoms with Gasteiger partial charge in [0.15, 0.2) is 0 Å². The van der Waals surface area contributed by atoms with Crippen molar-refractivity contribution in [1.82, 2.24) is 9.80 Å². The van der Waals surface area contributed by atoms with E-state index in [1.54, 1.807) is 12.1 Å². The van der Waals surface area contributed by atoms with Gasteiger partial charge in [0, 0.05) is 24.7 Å². The van der Waals surface area contributed by atoms with Crippen LogP contribution in [0.1, 0.15) is 42.5 Å². The molecule has 0 radical (unpaired) electrons. The fourth-order valence-corrected chi connectivity index (χ4v) is 4.43. The highest BCUT2D eigenvalue weighted by atomic mass is 19.1. The summed E-state index contributed by atoms with van der Waals surface area (Å²) in [5.41, 5.74) is 0.389. The van der Waals surface area contributed by atoms with Gasteiger partial charge < -0.3 is 9.64 Å². The van der Waals surface area contributed by atoms with Crippen LogP contribution in [0.3, 0.4) is 0 Å². The van der Waals surface area contributed by atoms with Gasteiger partial charge in [0.05, 0.1) is 12.2 Å². The summed E-state index contributed by atoms with van der Waals surface area (Å²) in [6.45, 7) is 4.63. The first-order chi connectivity index (χ1) is 11.7. The van der Waals surface area contributed by atoms with Crippen LogP contribution in [0.25, 0.3) is 0 Å². The summed E-state index contributed by atoms with van der Waals surface area (Å²) in [6.07, 6.45) is 5.48. The van der Waals surface area contributed by atoms with Gasteiger partial charge in [-0.25, -0.2) is 4.39 Å². The molecule has 4 rings (SSSR count). The molecule has 3 saturated heterocycles. The molecule has 24 heavy (non-hydrogen) atoms. The second-order valence-corrected chi connectivity index (χ2v) is 7.40. The lowest BCUT2D eigenvalue weighted by atomic mass is 9.87. The smallest absolute Gasteiger partial charge is 0.253 e. The van der Waals surface area contributed by atoms with E-state index in [1.807, 2.05) is 4.90 Å². The first kappa shape index (κ1) is 16.0. The number of amides is 1. The Balaban J connectivity index is 1.36. The number of carbonyl (C=O) groups is 1. The normalized spacial score (nSPS) is 27.0. The van der Waals surface area contributed by atoms with Crippen molar-refractivity contribution in [3.63, 3.8) is 0 Å². The Bertz CT molecular complexity index is 607. The number of hydrogen-bond acceptors (Lipinski definition) is 3. The van der Waals surface area contributed by atoms with Gasteiger partial charge in [-0.1, -0.05) is 6.07 Å². The van der Waals surface area contributed by atoms with E-state index in [-0.39, 0.29) is 17.3 Å². The molecule has 3 heterocycles. The van der Waals surface area contributed by atoms with Crippen LogP contribution in [0.15, 0.2) is 24.3 Å². The van der Waals surface area contributed by atoms with Crippen LogP contribution in [0.4, 0.5) is 4.39 Å². The minimum absolute atomic E-state index is 0.0496. The number of carbonyl (C=O) groups excluding carboxylic acids is 1. The van der Waals surface area contributed by atoms with Crippen LogP contribution in [0.5, 0.6) is 0 Å². The van der Waals surface area contributed by atoms with Crippen molar-refractivity contribution in [2.75, 3.05) is 32.8 Å². The Morgan fingerprint density at radius 3 is 2.62 bits per heavy atom. The second-order valence-electron chi connectivity index (χ2n) is 7.40. The second kappa shape index (κ2) is 6.45. The fraction of sp³-hybridized carbons (Fsp3) is 0.632. The van der Waals surface area contributed by atoms with Gasteiger partial charge in [-0.05, 0) is 63.4 Å². The van der Waals surface area contributed by atoms with Gasteiger partial charge in [-0.2, -0.15) is 0 Å². The molecule has 3 aliphatic heterocycles. The predicted molar refractivity (Wildman–Crippen MR) is 89.4 cm³/mol. The number of nitrogens with zero attached hydrogens (tertiary/aromatic N) is 2. The maximum absolute atomic E-state index is 13.3. The zero-order valence-electron chi connectivity index (χ0n) is 14.0. The molecule has 1 aromatic carbocycles. The summed E-state index contributed by atoms with van der Waals surface area (Å²) in [7, 11) is 0. The fourth-order valence-electron chi connectivity index (χ4n) is 4.43. The van der Waals surface area contributed by atoms with Crippen LogP contribution in [0, 0.1) is 5.82 Å². The first-order valence-corrected chi connectivity index (χ1v) is 9.08. The maximum atomic E-state index is 13.3. The standard InChI is InChI=1S/C19H25FN2O2/c20-16-5-3-4-15(12-16)18(23)22-10-6-19(7-11-22)13-17(14-24-19)21-8-1-2-9-21/h3-5,12,17H,1-2,6-11,13-14H2. The average Bonchev–Trinajstić information content (AvgIpc) is 3.25. The summed E-state index contributed by atoms with van der Waals surface area (Å²) >= 11 is 0. The van der Waals surface area contributed by atoms with E-state index in [4.69, 9.17) is 4.74 Å². The van der Waals surface area contributed by atoms with E-state index >= 15 is 0 Å². The van der Waals surface area contributed by atoms with Crippen LogP contribution in [-0.2, 0) is 4.74 Å². The highest BCUT2D eigenvalue weighted by molar-refractivity contribution is 5.94. The SMILES string of the molecule is O=C(c1cccc(F)c1)N1CCC2(CC1)CC(N1CCCC1)CO2. The Kier molecular flexibility index (Phi) is 4.31. The molecule has 130 valence electrons. The Hall–Kier alpha value is -1.46. The minimum Gasteiger partial charge on any atom is -0.373 e. The first-order valence-electron chi connectivity index (χ1n) is 9.08. The van der Waals surface area contributed by atoms with Gasteiger partial charge in [0.25, 0.3) is 5.91 Å². The van der Waals surface area contributed by atoms with E-state index in [0.717, 1.165) is 25.9 Å². The van der Waals surface area contributed by atoms with Crippen LogP contribution >= 0.6 is 0 Å². The summed E-state index contributed by atoms with van der Waals surface area (Å²) in [5, 5.41) is 0. The third kappa shape index (κ3) is 3.07. The third-order valence-corrected chi connectivity index (χ3v) is 5.88. The molecule has 3 aliphatic rings. The number of likely N-dealkylation sites (tertiary alicyclic amines) is 2. The Labute approximate surface area is 142 Å². The topological polar surface area (TPSA) is 32.8 Å². The molecule has 0 N–H and O–H groups in total. The minimum atomic E-state index is -0.359. The van der Waals surface area contributed by atoms with E-state index in [1.165, 1.54) is 38.1 Å². The number of ether oxygens (including phenoxy) is 1. The van der Waals surface area contributed by atoms with Gasteiger partial charge >= 0.3 is 0 Å². The quantitative estimate of drug-likeness (QED) is 0.835. The zero-order valence-corrected chi connectivity index (χ0v) is 14.0. The number of benzene rings is 1. The highest BCUT2D eigenvalue weighted by Crippen LogP contribution is 2.38. The maximum Gasteiger partial charge on any atom is 0.253 e. The summed E-state index contributed by atoms with van der Waals surface area (Å²) in [5.74, 6) is -0.430. The molecule has 0 aliphatic carbocycles. The molecule has 4 nitrogen and oxygen atoms in total. The van der Waals surface area contributed by atoms with Crippen molar-refractivity contribution in [2.24, 2.45) is 0 Å². The van der Waals surface area contributed by atoms with Crippen LogP contribution in [-0.4, -0.2) is 60.1 Å². The van der Waals surface area contributed by atoms with Gasteiger partial charge in [0.2, 0.25) is 0 Å². The van der Waals surface area contributed by atoms with E-state index in [2.05, 4.69) is 4.90 Å². The molecule has 0 aromatic heterocycles. The van der Waals surface area contributed by atoms with E-state index in [9.17, 15) is 9.18 Å². The zero-order chi connectivity index (χ0) is 16.6. The molecule has 1 amide bonds. The molecular weight excluding hydrogens is 307 g/mol. The van der Waals surface area contributed by atoms with E-state index < -0.39 is 0 Å². The van der Waals surface area contributed by atoms with Gasteiger partial charge in [-0.3, -0.25) is 9.69 Å². The molecule has 1 aromatic rings. The Morgan fingerprint density at radius 1 is 1.17 bits per heavy atom. The van der Waals surface area contributed by atoms with Gasteiger partial charge in [0.1, 0.15) is 5.82 Å². The van der Waals surface area contributed by atoms with Crippen molar-refractivity contribution in [3.05, 3.63) is 35.6 Å². The molecule has 5 heteroatoms. The average molecular weight is 332 g/mol.